The zero-order valence-corrected chi connectivity index (χ0v) is 12.0. The second kappa shape index (κ2) is 8.91. The van der Waals surface area contributed by atoms with Gasteiger partial charge >= 0.3 is 0 Å². The third kappa shape index (κ3) is 4.49. The number of nitrogens with two attached hydrogens (primary N) is 1. The summed E-state index contributed by atoms with van der Waals surface area (Å²) in [4.78, 5) is 2.24. The van der Waals surface area contributed by atoms with E-state index in [4.69, 9.17) is 10.5 Å². The van der Waals surface area contributed by atoms with Crippen LogP contribution < -0.4 is 10.5 Å². The number of hydrogen-bond donors (Lipinski definition) is 2. The summed E-state index contributed by atoms with van der Waals surface area (Å²) in [6, 6.07) is 8.05. The topological polar surface area (TPSA) is 58.7 Å². The predicted octanol–water partition coefficient (Wildman–Crippen LogP) is 1.79. The van der Waals surface area contributed by atoms with Crippen LogP contribution in [0.4, 0.5) is 0 Å². The zero-order chi connectivity index (χ0) is 14.1. The van der Waals surface area contributed by atoms with E-state index in [1.165, 1.54) is 0 Å². The minimum Gasteiger partial charge on any atom is -0.496 e. The van der Waals surface area contributed by atoms with E-state index < -0.39 is 0 Å². The van der Waals surface area contributed by atoms with Gasteiger partial charge in [0.25, 0.3) is 0 Å². The molecule has 0 aromatic heterocycles. The van der Waals surface area contributed by atoms with Gasteiger partial charge < -0.3 is 15.6 Å². The standard InChI is InChI=1S/C15H26N2O2/c1-3-4-9-17(10-11-18)14(12-16)13-7-5-6-8-15(13)19-2/h5-8,14,18H,3-4,9-12,16H2,1-2H3. The Hall–Kier alpha value is -1.10. The highest BCUT2D eigenvalue weighted by molar-refractivity contribution is 5.36. The van der Waals surface area contributed by atoms with E-state index in [1.807, 2.05) is 24.3 Å². The number of unbranched alkanes of at least 4 members (excludes halogenated alkanes) is 1. The van der Waals surface area contributed by atoms with Gasteiger partial charge in [0.1, 0.15) is 5.75 Å². The van der Waals surface area contributed by atoms with E-state index in [9.17, 15) is 5.11 Å². The highest BCUT2D eigenvalue weighted by Gasteiger charge is 2.21. The molecular formula is C15H26N2O2. The SMILES string of the molecule is CCCCN(CCO)C(CN)c1ccccc1OC. The Morgan fingerprint density at radius 2 is 2.05 bits per heavy atom. The maximum atomic E-state index is 9.24. The van der Waals surface area contributed by atoms with Crippen LogP contribution in [0.1, 0.15) is 31.4 Å². The van der Waals surface area contributed by atoms with E-state index in [1.54, 1.807) is 7.11 Å². The van der Waals surface area contributed by atoms with E-state index in [-0.39, 0.29) is 12.6 Å². The van der Waals surface area contributed by atoms with Crippen LogP contribution >= 0.6 is 0 Å². The van der Waals surface area contributed by atoms with Crippen molar-refractivity contribution in [3.8, 4) is 5.75 Å². The molecule has 1 unspecified atom stereocenters. The van der Waals surface area contributed by atoms with Crippen LogP contribution in [0.2, 0.25) is 0 Å². The summed E-state index contributed by atoms with van der Waals surface area (Å²) in [5.74, 6) is 0.859. The summed E-state index contributed by atoms with van der Waals surface area (Å²) in [6.07, 6.45) is 2.23. The first-order chi connectivity index (χ1) is 9.28. The molecule has 4 nitrogen and oxygen atoms in total. The van der Waals surface area contributed by atoms with Gasteiger partial charge in [0.2, 0.25) is 0 Å². The van der Waals surface area contributed by atoms with Crippen molar-refractivity contribution < 1.29 is 9.84 Å². The van der Waals surface area contributed by atoms with Gasteiger partial charge in [-0.2, -0.15) is 0 Å². The predicted molar refractivity (Wildman–Crippen MR) is 78.4 cm³/mol. The van der Waals surface area contributed by atoms with Crippen LogP contribution in [0, 0.1) is 0 Å². The van der Waals surface area contributed by atoms with Gasteiger partial charge in [-0.25, -0.2) is 0 Å². The molecule has 1 aromatic carbocycles. The van der Waals surface area contributed by atoms with Gasteiger partial charge in [-0.3, -0.25) is 4.90 Å². The molecule has 1 atom stereocenters. The van der Waals surface area contributed by atoms with Crippen molar-refractivity contribution in [2.75, 3.05) is 33.4 Å². The minimum atomic E-state index is 0.0925. The monoisotopic (exact) mass is 266 g/mol. The Balaban J connectivity index is 2.94. The number of methoxy groups -OCH3 is 1. The lowest BCUT2D eigenvalue weighted by atomic mass is 10.0. The lowest BCUT2D eigenvalue weighted by molar-refractivity contribution is 0.149. The molecule has 19 heavy (non-hydrogen) atoms. The molecule has 1 aromatic rings. The van der Waals surface area contributed by atoms with Crippen molar-refractivity contribution in [2.24, 2.45) is 5.73 Å². The summed E-state index contributed by atoms with van der Waals surface area (Å²) < 4.78 is 5.42. The molecule has 1 rings (SSSR count). The number of benzene rings is 1. The van der Waals surface area contributed by atoms with Crippen molar-refractivity contribution in [1.82, 2.24) is 4.90 Å². The quantitative estimate of drug-likeness (QED) is 0.715. The first-order valence-corrected chi connectivity index (χ1v) is 6.96. The summed E-state index contributed by atoms with van der Waals surface area (Å²) >= 11 is 0. The Kier molecular flexibility index (Phi) is 7.48. The molecular weight excluding hydrogens is 240 g/mol. The molecule has 0 saturated heterocycles. The van der Waals surface area contributed by atoms with Crippen molar-refractivity contribution in [3.63, 3.8) is 0 Å². The van der Waals surface area contributed by atoms with E-state index in [2.05, 4.69) is 11.8 Å². The van der Waals surface area contributed by atoms with Crippen molar-refractivity contribution >= 4 is 0 Å². The maximum Gasteiger partial charge on any atom is 0.123 e. The number of para-hydroxylation sites is 1. The minimum absolute atomic E-state index is 0.0925. The fourth-order valence-electron chi connectivity index (χ4n) is 2.33. The Bertz CT molecular complexity index is 358. The fourth-order valence-corrected chi connectivity index (χ4v) is 2.33. The highest BCUT2D eigenvalue weighted by Crippen LogP contribution is 2.28. The van der Waals surface area contributed by atoms with Crippen LogP contribution in [0.15, 0.2) is 24.3 Å². The maximum absolute atomic E-state index is 9.24. The number of rotatable bonds is 9. The van der Waals surface area contributed by atoms with Crippen LogP contribution in [-0.4, -0.2) is 43.4 Å². The summed E-state index contributed by atoms with van der Waals surface area (Å²) in [7, 11) is 1.68. The fraction of sp³-hybridized carbons (Fsp3) is 0.600. The Morgan fingerprint density at radius 3 is 2.63 bits per heavy atom. The molecule has 0 radical (unpaired) electrons. The zero-order valence-electron chi connectivity index (χ0n) is 12.0. The number of aliphatic hydroxyl groups excluding tert-OH is 1. The number of hydrogen-bond acceptors (Lipinski definition) is 4. The average molecular weight is 266 g/mol. The Labute approximate surface area is 116 Å². The van der Waals surface area contributed by atoms with E-state index >= 15 is 0 Å². The molecule has 0 heterocycles. The molecule has 0 amide bonds. The number of nitrogens with zero attached hydrogens (tertiary/aromatic N) is 1. The Morgan fingerprint density at radius 1 is 1.32 bits per heavy atom. The van der Waals surface area contributed by atoms with Crippen molar-refractivity contribution in [3.05, 3.63) is 29.8 Å². The van der Waals surface area contributed by atoms with Crippen LogP contribution in [0.5, 0.6) is 5.75 Å². The molecule has 0 fully saturated rings. The highest BCUT2D eigenvalue weighted by atomic mass is 16.5. The first kappa shape index (κ1) is 16.0. The van der Waals surface area contributed by atoms with Crippen LogP contribution in [0.3, 0.4) is 0 Å². The summed E-state index contributed by atoms with van der Waals surface area (Å²) in [6.45, 7) is 4.41. The van der Waals surface area contributed by atoms with Crippen LogP contribution in [0.25, 0.3) is 0 Å². The molecule has 0 aliphatic heterocycles. The summed E-state index contributed by atoms with van der Waals surface area (Å²) in [5, 5.41) is 9.24. The molecule has 4 heteroatoms. The van der Waals surface area contributed by atoms with Gasteiger partial charge in [0, 0.05) is 18.7 Å². The van der Waals surface area contributed by atoms with Crippen LogP contribution in [-0.2, 0) is 0 Å². The molecule has 0 bridgehead atoms. The largest absolute Gasteiger partial charge is 0.496 e. The van der Waals surface area contributed by atoms with Crippen molar-refractivity contribution in [2.45, 2.75) is 25.8 Å². The first-order valence-electron chi connectivity index (χ1n) is 6.96. The third-order valence-electron chi connectivity index (χ3n) is 3.35. The smallest absolute Gasteiger partial charge is 0.123 e. The molecule has 0 aliphatic rings. The van der Waals surface area contributed by atoms with Gasteiger partial charge in [0.15, 0.2) is 0 Å². The normalized spacial score (nSPS) is 12.7. The second-order valence-electron chi connectivity index (χ2n) is 4.61. The molecule has 0 aliphatic carbocycles. The van der Waals surface area contributed by atoms with E-state index in [0.29, 0.717) is 13.1 Å². The van der Waals surface area contributed by atoms with Gasteiger partial charge in [-0.05, 0) is 19.0 Å². The number of ether oxygens (including phenoxy) is 1. The summed E-state index contributed by atoms with van der Waals surface area (Å²) in [5.41, 5.74) is 7.05. The molecule has 0 saturated carbocycles. The molecule has 108 valence electrons. The lowest BCUT2D eigenvalue weighted by Crippen LogP contribution is -2.36. The van der Waals surface area contributed by atoms with Gasteiger partial charge in [-0.1, -0.05) is 31.5 Å². The second-order valence-corrected chi connectivity index (χ2v) is 4.61. The molecule has 3 N–H and O–H groups in total. The van der Waals surface area contributed by atoms with Gasteiger partial charge in [-0.15, -0.1) is 0 Å². The number of aliphatic hydroxyl groups is 1. The molecule has 0 spiro atoms. The lowest BCUT2D eigenvalue weighted by Gasteiger charge is -2.31. The van der Waals surface area contributed by atoms with Gasteiger partial charge in [0.05, 0.1) is 19.8 Å². The third-order valence-corrected chi connectivity index (χ3v) is 3.35. The average Bonchev–Trinajstić information content (AvgIpc) is 2.46. The van der Waals surface area contributed by atoms with Crippen molar-refractivity contribution in [1.29, 1.82) is 0 Å². The van der Waals surface area contributed by atoms with E-state index in [0.717, 1.165) is 30.7 Å².